The van der Waals surface area contributed by atoms with Crippen LogP contribution in [0, 0.1) is 0 Å². The van der Waals surface area contributed by atoms with Crippen LogP contribution in [0.5, 0.6) is 0 Å². The molecule has 20 heavy (non-hydrogen) atoms. The van der Waals surface area contributed by atoms with Gasteiger partial charge in [0.2, 0.25) is 0 Å². The maximum Gasteiger partial charge on any atom is 0.331 e. The predicted molar refractivity (Wildman–Crippen MR) is 78.4 cm³/mol. The van der Waals surface area contributed by atoms with Crippen molar-refractivity contribution in [2.75, 3.05) is 0 Å². The van der Waals surface area contributed by atoms with E-state index in [0.717, 1.165) is 50.5 Å². The lowest BCUT2D eigenvalue weighted by molar-refractivity contribution is -0.142. The molecule has 0 aliphatic carbocycles. The molecule has 0 N–H and O–H groups in total. The molecule has 4 heteroatoms. The standard InChI is InChI=1S/C16H26O4/c1-15(20-16(19)12-10-14-18)11-8-6-4-2-3-5-7-9-13-17/h10,12-15H,2-9,11H2,1H3/b12-10+. The van der Waals surface area contributed by atoms with Gasteiger partial charge in [0.1, 0.15) is 12.6 Å². The zero-order valence-electron chi connectivity index (χ0n) is 12.4. The van der Waals surface area contributed by atoms with Gasteiger partial charge in [-0.3, -0.25) is 4.79 Å². The Labute approximate surface area is 121 Å². The fraction of sp³-hybridized carbons (Fsp3) is 0.688. The van der Waals surface area contributed by atoms with Crippen LogP contribution in [0.3, 0.4) is 0 Å². The molecule has 0 heterocycles. The fourth-order valence-electron chi connectivity index (χ4n) is 1.96. The number of hydrogen-bond acceptors (Lipinski definition) is 4. The van der Waals surface area contributed by atoms with Gasteiger partial charge >= 0.3 is 5.97 Å². The van der Waals surface area contributed by atoms with Gasteiger partial charge in [-0.05, 0) is 32.3 Å². The number of unbranched alkanes of at least 4 members (excludes halogenated alkanes) is 7. The van der Waals surface area contributed by atoms with Crippen molar-refractivity contribution in [2.24, 2.45) is 0 Å². The zero-order chi connectivity index (χ0) is 15.1. The van der Waals surface area contributed by atoms with Crippen molar-refractivity contribution in [3.8, 4) is 0 Å². The van der Waals surface area contributed by atoms with E-state index in [9.17, 15) is 14.4 Å². The van der Waals surface area contributed by atoms with Gasteiger partial charge in [-0.2, -0.15) is 0 Å². The summed E-state index contributed by atoms with van der Waals surface area (Å²) in [6, 6.07) is 0. The molecule has 0 radical (unpaired) electrons. The summed E-state index contributed by atoms with van der Waals surface area (Å²) < 4.78 is 5.11. The highest BCUT2D eigenvalue weighted by molar-refractivity contribution is 5.86. The van der Waals surface area contributed by atoms with Crippen LogP contribution in [0.25, 0.3) is 0 Å². The first-order valence-electron chi connectivity index (χ1n) is 7.46. The van der Waals surface area contributed by atoms with Crippen LogP contribution in [-0.4, -0.2) is 24.6 Å². The summed E-state index contributed by atoms with van der Waals surface area (Å²) in [7, 11) is 0. The van der Waals surface area contributed by atoms with Crippen LogP contribution >= 0.6 is 0 Å². The Kier molecular flexibility index (Phi) is 13.0. The van der Waals surface area contributed by atoms with Crippen molar-refractivity contribution in [3.63, 3.8) is 0 Å². The number of carbonyl (C=O) groups excluding carboxylic acids is 3. The van der Waals surface area contributed by atoms with E-state index in [0.29, 0.717) is 12.7 Å². The second-order valence-electron chi connectivity index (χ2n) is 4.96. The predicted octanol–water partition coefficient (Wildman–Crippen LogP) is 3.38. The third-order valence-electron chi connectivity index (χ3n) is 3.06. The highest BCUT2D eigenvalue weighted by atomic mass is 16.5. The summed E-state index contributed by atoms with van der Waals surface area (Å²) in [4.78, 5) is 31.3. The van der Waals surface area contributed by atoms with Crippen molar-refractivity contribution in [1.29, 1.82) is 0 Å². The van der Waals surface area contributed by atoms with Crippen LogP contribution < -0.4 is 0 Å². The van der Waals surface area contributed by atoms with Crippen LogP contribution in [0.2, 0.25) is 0 Å². The molecule has 0 bridgehead atoms. The fourth-order valence-corrected chi connectivity index (χ4v) is 1.96. The van der Waals surface area contributed by atoms with Gasteiger partial charge in [0.25, 0.3) is 0 Å². The second kappa shape index (κ2) is 14.0. The first-order chi connectivity index (χ1) is 9.70. The number of hydrogen-bond donors (Lipinski definition) is 0. The summed E-state index contributed by atoms with van der Waals surface area (Å²) in [5.41, 5.74) is 0. The normalized spacial score (nSPS) is 12.2. The molecule has 4 nitrogen and oxygen atoms in total. The number of rotatable bonds is 13. The van der Waals surface area contributed by atoms with Crippen molar-refractivity contribution >= 4 is 18.5 Å². The molecule has 1 unspecified atom stereocenters. The summed E-state index contributed by atoms with van der Waals surface area (Å²) in [6.07, 6.45) is 13.1. The molecule has 0 aromatic carbocycles. The molecule has 0 saturated carbocycles. The molecule has 0 rings (SSSR count). The average Bonchev–Trinajstić information content (AvgIpc) is 2.43. The van der Waals surface area contributed by atoms with E-state index >= 15 is 0 Å². The molecule has 1 atom stereocenters. The lowest BCUT2D eigenvalue weighted by Crippen LogP contribution is -2.12. The minimum Gasteiger partial charge on any atom is -0.460 e. The molecule has 0 aromatic heterocycles. The van der Waals surface area contributed by atoms with E-state index in [-0.39, 0.29) is 6.10 Å². The van der Waals surface area contributed by atoms with Crippen molar-refractivity contribution in [1.82, 2.24) is 0 Å². The molecule has 0 fully saturated rings. The van der Waals surface area contributed by atoms with E-state index in [4.69, 9.17) is 4.74 Å². The Morgan fingerprint density at radius 3 is 2.20 bits per heavy atom. The minimum absolute atomic E-state index is 0.105. The zero-order valence-corrected chi connectivity index (χ0v) is 12.4. The first-order valence-corrected chi connectivity index (χ1v) is 7.46. The van der Waals surface area contributed by atoms with Crippen molar-refractivity contribution in [2.45, 2.75) is 70.8 Å². The summed E-state index contributed by atoms with van der Waals surface area (Å²) >= 11 is 0. The van der Waals surface area contributed by atoms with E-state index in [1.165, 1.54) is 19.3 Å². The minimum atomic E-state index is -0.459. The largest absolute Gasteiger partial charge is 0.460 e. The van der Waals surface area contributed by atoms with Gasteiger partial charge in [-0.15, -0.1) is 0 Å². The molecule has 0 aliphatic rings. The quantitative estimate of drug-likeness (QED) is 0.225. The topological polar surface area (TPSA) is 60.4 Å². The van der Waals surface area contributed by atoms with Gasteiger partial charge in [0.05, 0.1) is 6.10 Å². The Morgan fingerprint density at radius 2 is 1.60 bits per heavy atom. The second-order valence-corrected chi connectivity index (χ2v) is 4.96. The van der Waals surface area contributed by atoms with Gasteiger partial charge in [0, 0.05) is 12.5 Å². The first kappa shape index (κ1) is 18.6. The van der Waals surface area contributed by atoms with E-state index in [2.05, 4.69) is 0 Å². The van der Waals surface area contributed by atoms with Crippen LogP contribution in [0.1, 0.15) is 64.7 Å². The van der Waals surface area contributed by atoms with Crippen LogP contribution in [0.4, 0.5) is 0 Å². The van der Waals surface area contributed by atoms with Crippen LogP contribution in [0.15, 0.2) is 12.2 Å². The molecule has 0 saturated heterocycles. The molecule has 0 amide bonds. The summed E-state index contributed by atoms with van der Waals surface area (Å²) in [5.74, 6) is -0.459. The average molecular weight is 282 g/mol. The highest BCUT2D eigenvalue weighted by Gasteiger charge is 2.06. The maximum atomic E-state index is 11.2. The van der Waals surface area contributed by atoms with Gasteiger partial charge in [0.15, 0.2) is 0 Å². The summed E-state index contributed by atoms with van der Waals surface area (Å²) in [5, 5.41) is 0. The number of esters is 1. The Morgan fingerprint density at radius 1 is 1.00 bits per heavy atom. The smallest absolute Gasteiger partial charge is 0.331 e. The highest BCUT2D eigenvalue weighted by Crippen LogP contribution is 2.11. The number of allylic oxidation sites excluding steroid dienone is 1. The number of carbonyl (C=O) groups is 3. The molecular weight excluding hydrogens is 256 g/mol. The third-order valence-corrected chi connectivity index (χ3v) is 3.06. The SMILES string of the molecule is CC(CCCCCCCCCC=O)OC(=O)/C=C/C=O. The van der Waals surface area contributed by atoms with Crippen molar-refractivity contribution < 1.29 is 19.1 Å². The monoisotopic (exact) mass is 282 g/mol. The molecule has 0 spiro atoms. The van der Waals surface area contributed by atoms with Gasteiger partial charge in [-0.25, -0.2) is 4.79 Å². The number of ether oxygens (including phenoxy) is 1. The van der Waals surface area contributed by atoms with Gasteiger partial charge in [-0.1, -0.05) is 32.1 Å². The third kappa shape index (κ3) is 13.0. The van der Waals surface area contributed by atoms with Crippen LogP contribution in [-0.2, 0) is 19.1 Å². The van der Waals surface area contributed by atoms with Gasteiger partial charge < -0.3 is 9.53 Å². The summed E-state index contributed by atoms with van der Waals surface area (Å²) in [6.45, 7) is 1.87. The molecule has 0 aliphatic heterocycles. The van der Waals surface area contributed by atoms with Crippen molar-refractivity contribution in [3.05, 3.63) is 12.2 Å². The molecule has 0 aromatic rings. The number of aldehydes is 2. The Hall–Kier alpha value is -1.45. The molecule has 114 valence electrons. The van der Waals surface area contributed by atoms with E-state index in [1.807, 2.05) is 6.92 Å². The molecular formula is C16H26O4. The van der Waals surface area contributed by atoms with E-state index < -0.39 is 5.97 Å². The van der Waals surface area contributed by atoms with E-state index in [1.54, 1.807) is 0 Å². The lowest BCUT2D eigenvalue weighted by atomic mass is 10.1. The Bertz CT molecular complexity index is 297. The maximum absolute atomic E-state index is 11.2. The Balaban J connectivity index is 3.37. The lowest BCUT2D eigenvalue weighted by Gasteiger charge is -2.11.